The lowest BCUT2D eigenvalue weighted by Gasteiger charge is -2.10. The summed E-state index contributed by atoms with van der Waals surface area (Å²) < 4.78 is 0. The average molecular weight is 355 g/mol. The molecule has 0 N–H and O–H groups in total. The van der Waals surface area contributed by atoms with E-state index in [9.17, 15) is 0 Å². The van der Waals surface area contributed by atoms with Crippen LogP contribution in [0.25, 0.3) is 32.8 Å². The van der Waals surface area contributed by atoms with Gasteiger partial charge in [-0.3, -0.25) is 0 Å². The standard InChI is InChI=1S/C27H17N/c1-3-9-20(10-4-1)15-17-23-19-26(21-11-5-2-6-12-21)25-18-16-22-13-7-8-14-24(22)27(25)28-23/h1-14,16,18-19H. The number of fused-ring (bicyclic) bond motifs is 3. The largest absolute Gasteiger partial charge is 0.239 e. The quantitative estimate of drug-likeness (QED) is 0.248. The van der Waals surface area contributed by atoms with Crippen molar-refractivity contribution in [3.8, 4) is 23.0 Å². The van der Waals surface area contributed by atoms with Crippen LogP contribution in [0.1, 0.15) is 11.3 Å². The highest BCUT2D eigenvalue weighted by atomic mass is 14.7. The highest BCUT2D eigenvalue weighted by Gasteiger charge is 2.10. The first-order chi connectivity index (χ1) is 13.9. The number of pyridine rings is 1. The maximum Gasteiger partial charge on any atom is 0.114 e. The molecule has 0 saturated carbocycles. The van der Waals surface area contributed by atoms with Crippen LogP contribution in [0.5, 0.6) is 0 Å². The van der Waals surface area contributed by atoms with E-state index >= 15 is 0 Å². The zero-order valence-electron chi connectivity index (χ0n) is 15.3. The number of hydrogen-bond donors (Lipinski definition) is 0. The summed E-state index contributed by atoms with van der Waals surface area (Å²) in [6.07, 6.45) is 0. The van der Waals surface area contributed by atoms with Gasteiger partial charge in [0.1, 0.15) is 5.69 Å². The summed E-state index contributed by atoms with van der Waals surface area (Å²) in [6.45, 7) is 0. The molecule has 1 nitrogen and oxygen atoms in total. The van der Waals surface area contributed by atoms with Crippen LogP contribution in [0.2, 0.25) is 0 Å². The van der Waals surface area contributed by atoms with Crippen molar-refractivity contribution in [2.24, 2.45) is 0 Å². The van der Waals surface area contributed by atoms with E-state index in [-0.39, 0.29) is 0 Å². The fourth-order valence-corrected chi connectivity index (χ4v) is 3.54. The maximum absolute atomic E-state index is 4.93. The zero-order valence-corrected chi connectivity index (χ0v) is 15.3. The second-order valence-electron chi connectivity index (χ2n) is 6.72. The van der Waals surface area contributed by atoms with Gasteiger partial charge in [-0.15, -0.1) is 0 Å². The Morgan fingerprint density at radius 2 is 1.29 bits per heavy atom. The SMILES string of the molecule is C(#Cc1cc(-c2ccccc2)c2ccc3ccccc3c2n1)c1ccccc1. The second-order valence-corrected chi connectivity index (χ2v) is 6.72. The Balaban J connectivity index is 1.80. The van der Waals surface area contributed by atoms with E-state index in [1.807, 2.05) is 36.4 Å². The predicted molar refractivity (Wildman–Crippen MR) is 117 cm³/mol. The van der Waals surface area contributed by atoms with Crippen molar-refractivity contribution in [1.82, 2.24) is 4.98 Å². The molecular weight excluding hydrogens is 338 g/mol. The molecule has 0 atom stereocenters. The van der Waals surface area contributed by atoms with E-state index in [1.54, 1.807) is 0 Å². The minimum absolute atomic E-state index is 0.784. The van der Waals surface area contributed by atoms with Crippen LogP contribution in [0, 0.1) is 11.8 Å². The summed E-state index contributed by atoms with van der Waals surface area (Å²) in [5.74, 6) is 6.51. The Morgan fingerprint density at radius 1 is 0.571 bits per heavy atom. The molecule has 0 aliphatic carbocycles. The highest BCUT2D eigenvalue weighted by Crippen LogP contribution is 2.32. The molecular formula is C27H17N. The third-order valence-corrected chi connectivity index (χ3v) is 4.90. The van der Waals surface area contributed by atoms with Crippen LogP contribution < -0.4 is 0 Å². The van der Waals surface area contributed by atoms with Crippen molar-refractivity contribution in [3.05, 3.63) is 114 Å². The molecule has 28 heavy (non-hydrogen) atoms. The van der Waals surface area contributed by atoms with Gasteiger partial charge in [0.15, 0.2) is 0 Å². The van der Waals surface area contributed by atoms with E-state index in [2.05, 4.69) is 78.6 Å². The van der Waals surface area contributed by atoms with Gasteiger partial charge < -0.3 is 0 Å². The van der Waals surface area contributed by atoms with Crippen molar-refractivity contribution < 1.29 is 0 Å². The number of nitrogens with zero attached hydrogens (tertiary/aromatic N) is 1. The van der Waals surface area contributed by atoms with E-state index in [4.69, 9.17) is 4.98 Å². The molecule has 0 aliphatic heterocycles. The zero-order chi connectivity index (χ0) is 18.8. The summed E-state index contributed by atoms with van der Waals surface area (Å²) in [4.78, 5) is 4.93. The van der Waals surface area contributed by atoms with Gasteiger partial charge in [-0.2, -0.15) is 0 Å². The fraction of sp³-hybridized carbons (Fsp3) is 0. The third-order valence-electron chi connectivity index (χ3n) is 4.90. The molecule has 0 radical (unpaired) electrons. The average Bonchev–Trinajstić information content (AvgIpc) is 2.78. The molecule has 0 amide bonds. The molecule has 0 aliphatic rings. The van der Waals surface area contributed by atoms with E-state index in [0.717, 1.165) is 33.1 Å². The lowest BCUT2D eigenvalue weighted by atomic mass is 9.97. The first-order valence-corrected chi connectivity index (χ1v) is 9.33. The Labute approximate surface area is 164 Å². The summed E-state index contributed by atoms with van der Waals surface area (Å²) in [7, 11) is 0. The molecule has 4 aromatic carbocycles. The first-order valence-electron chi connectivity index (χ1n) is 9.33. The predicted octanol–water partition coefficient (Wildman–Crippen LogP) is 6.45. The lowest BCUT2D eigenvalue weighted by molar-refractivity contribution is 1.37. The highest BCUT2D eigenvalue weighted by molar-refractivity contribution is 6.10. The Bertz CT molecular complexity index is 1340. The Kier molecular flexibility index (Phi) is 4.09. The third kappa shape index (κ3) is 3.02. The number of aromatic nitrogens is 1. The lowest BCUT2D eigenvalue weighted by Crippen LogP contribution is -1.91. The molecule has 0 unspecified atom stereocenters. The van der Waals surface area contributed by atoms with Crippen LogP contribution in [0.15, 0.2) is 103 Å². The van der Waals surface area contributed by atoms with Gasteiger partial charge in [0.2, 0.25) is 0 Å². The van der Waals surface area contributed by atoms with Gasteiger partial charge in [-0.05, 0) is 40.6 Å². The minimum Gasteiger partial charge on any atom is -0.239 e. The summed E-state index contributed by atoms with van der Waals surface area (Å²) in [5, 5.41) is 3.49. The van der Waals surface area contributed by atoms with E-state index in [1.165, 1.54) is 10.9 Å². The van der Waals surface area contributed by atoms with Crippen LogP contribution in [-0.4, -0.2) is 4.98 Å². The van der Waals surface area contributed by atoms with Crippen molar-refractivity contribution in [2.75, 3.05) is 0 Å². The normalized spacial score (nSPS) is 10.6. The van der Waals surface area contributed by atoms with Gasteiger partial charge >= 0.3 is 0 Å². The van der Waals surface area contributed by atoms with Gasteiger partial charge in [-0.1, -0.05) is 90.8 Å². The second kappa shape index (κ2) is 7.02. The molecule has 0 saturated heterocycles. The molecule has 5 aromatic rings. The molecule has 0 fully saturated rings. The summed E-state index contributed by atoms with van der Waals surface area (Å²) in [6, 6.07) is 35.3. The van der Waals surface area contributed by atoms with Gasteiger partial charge in [0.05, 0.1) is 5.52 Å². The summed E-state index contributed by atoms with van der Waals surface area (Å²) in [5.41, 5.74) is 5.11. The minimum atomic E-state index is 0.784. The smallest absolute Gasteiger partial charge is 0.114 e. The number of benzene rings is 4. The Hall–Kier alpha value is -3.89. The van der Waals surface area contributed by atoms with Crippen molar-refractivity contribution >= 4 is 21.7 Å². The monoisotopic (exact) mass is 355 g/mol. The van der Waals surface area contributed by atoms with Gasteiger partial charge in [0.25, 0.3) is 0 Å². The molecule has 0 bridgehead atoms. The topological polar surface area (TPSA) is 12.9 Å². The van der Waals surface area contributed by atoms with Gasteiger partial charge in [-0.25, -0.2) is 4.98 Å². The summed E-state index contributed by atoms with van der Waals surface area (Å²) >= 11 is 0. The van der Waals surface area contributed by atoms with Crippen LogP contribution in [0.4, 0.5) is 0 Å². The van der Waals surface area contributed by atoms with Crippen molar-refractivity contribution in [3.63, 3.8) is 0 Å². The molecule has 1 aromatic heterocycles. The molecule has 1 heteroatoms. The molecule has 5 rings (SSSR count). The van der Waals surface area contributed by atoms with Crippen LogP contribution in [-0.2, 0) is 0 Å². The maximum atomic E-state index is 4.93. The molecule has 1 heterocycles. The van der Waals surface area contributed by atoms with E-state index < -0.39 is 0 Å². The van der Waals surface area contributed by atoms with Gasteiger partial charge in [0, 0.05) is 16.3 Å². The van der Waals surface area contributed by atoms with Crippen LogP contribution >= 0.6 is 0 Å². The fourth-order valence-electron chi connectivity index (χ4n) is 3.54. The molecule has 130 valence electrons. The Morgan fingerprint density at radius 3 is 2.11 bits per heavy atom. The molecule has 0 spiro atoms. The number of rotatable bonds is 1. The first kappa shape index (κ1) is 16.3. The van der Waals surface area contributed by atoms with Crippen LogP contribution in [0.3, 0.4) is 0 Å². The van der Waals surface area contributed by atoms with E-state index in [0.29, 0.717) is 0 Å². The van der Waals surface area contributed by atoms with Crippen molar-refractivity contribution in [1.29, 1.82) is 0 Å². The van der Waals surface area contributed by atoms with Crippen molar-refractivity contribution in [2.45, 2.75) is 0 Å². The number of hydrogen-bond acceptors (Lipinski definition) is 1.